The van der Waals surface area contributed by atoms with Gasteiger partial charge in [0.1, 0.15) is 6.04 Å². The fraction of sp³-hybridized carbons (Fsp3) is 0.875. The Morgan fingerprint density at radius 1 is 1.50 bits per heavy atom. The van der Waals surface area contributed by atoms with Crippen LogP contribution in [0.15, 0.2) is 0 Å². The van der Waals surface area contributed by atoms with Crippen molar-refractivity contribution in [1.29, 1.82) is 0 Å². The summed E-state index contributed by atoms with van der Waals surface area (Å²) in [4.78, 5) is 11.0. The third kappa shape index (κ3) is 1.37. The molecule has 0 bridgehead atoms. The van der Waals surface area contributed by atoms with Crippen molar-refractivity contribution in [3.8, 4) is 0 Å². The molecule has 2 aliphatic rings. The summed E-state index contributed by atoms with van der Waals surface area (Å²) in [6, 6.07) is -1.12. The van der Waals surface area contributed by atoms with Crippen LogP contribution in [0.2, 0.25) is 0 Å². The molecule has 80 valence electrons. The van der Waals surface area contributed by atoms with Crippen LogP contribution in [-0.2, 0) is 9.53 Å². The van der Waals surface area contributed by atoms with Crippen molar-refractivity contribution in [2.24, 2.45) is 11.8 Å². The van der Waals surface area contributed by atoms with Crippen LogP contribution in [0.25, 0.3) is 0 Å². The minimum absolute atomic E-state index is 0.238. The number of esters is 1. The number of fused-ring (bicyclic) bond motifs is 1. The minimum atomic E-state index is -4.14. The zero-order valence-electron chi connectivity index (χ0n) is 7.47. The standard InChI is InChI=1S/C8H10F3NO2/c1-14-7(13)4-2-3-5(6(3)12-4)8(9,10)11/h3-6,12H,2H2,1H3/t3-,4+,5-,6-/m1/s1. The van der Waals surface area contributed by atoms with Crippen molar-refractivity contribution in [3.05, 3.63) is 0 Å². The van der Waals surface area contributed by atoms with Crippen molar-refractivity contribution in [3.63, 3.8) is 0 Å². The Balaban J connectivity index is 1.91. The van der Waals surface area contributed by atoms with Crippen molar-refractivity contribution < 1.29 is 22.7 Å². The second-order valence-electron chi connectivity index (χ2n) is 3.74. The lowest BCUT2D eigenvalue weighted by Gasteiger charge is -2.14. The number of rotatable bonds is 1. The Bertz CT molecular complexity index is 254. The maximum Gasteiger partial charge on any atom is 0.393 e. The van der Waals surface area contributed by atoms with Crippen LogP contribution in [-0.4, -0.2) is 31.3 Å². The molecule has 0 radical (unpaired) electrons. The molecule has 1 aliphatic carbocycles. The van der Waals surface area contributed by atoms with Crippen LogP contribution in [0.3, 0.4) is 0 Å². The fourth-order valence-corrected chi connectivity index (χ4v) is 2.22. The molecule has 0 spiro atoms. The second-order valence-corrected chi connectivity index (χ2v) is 3.74. The van der Waals surface area contributed by atoms with Crippen LogP contribution in [0, 0.1) is 11.8 Å². The highest BCUT2D eigenvalue weighted by Crippen LogP contribution is 2.55. The van der Waals surface area contributed by atoms with E-state index in [-0.39, 0.29) is 6.42 Å². The molecule has 2 fully saturated rings. The van der Waals surface area contributed by atoms with Crippen LogP contribution in [0.5, 0.6) is 0 Å². The van der Waals surface area contributed by atoms with Gasteiger partial charge in [0.25, 0.3) is 0 Å². The van der Waals surface area contributed by atoms with Crippen LogP contribution < -0.4 is 5.32 Å². The molecule has 14 heavy (non-hydrogen) atoms. The van der Waals surface area contributed by atoms with Gasteiger partial charge in [-0.25, -0.2) is 0 Å². The molecule has 1 heterocycles. The van der Waals surface area contributed by atoms with E-state index in [0.29, 0.717) is 0 Å². The molecule has 1 aliphatic heterocycles. The SMILES string of the molecule is COC(=O)[C@@H]1C[C@H]2[C@@H](N1)[C@@H]2C(F)(F)F. The van der Waals surface area contributed by atoms with E-state index < -0.39 is 36.1 Å². The van der Waals surface area contributed by atoms with Gasteiger partial charge in [0.05, 0.1) is 13.0 Å². The molecule has 6 heteroatoms. The summed E-state index contributed by atoms with van der Waals surface area (Å²) in [5.74, 6) is -2.17. The number of nitrogens with one attached hydrogen (secondary N) is 1. The highest BCUT2D eigenvalue weighted by molar-refractivity contribution is 5.76. The van der Waals surface area contributed by atoms with Gasteiger partial charge in [-0.3, -0.25) is 4.79 Å². The first-order chi connectivity index (χ1) is 6.45. The van der Waals surface area contributed by atoms with E-state index in [1.165, 1.54) is 7.11 Å². The van der Waals surface area contributed by atoms with Gasteiger partial charge >= 0.3 is 12.1 Å². The smallest absolute Gasteiger partial charge is 0.393 e. The van der Waals surface area contributed by atoms with Gasteiger partial charge in [0.2, 0.25) is 0 Å². The average molecular weight is 209 g/mol. The Morgan fingerprint density at radius 2 is 2.14 bits per heavy atom. The van der Waals surface area contributed by atoms with E-state index in [1.807, 2.05) is 0 Å². The molecule has 0 amide bonds. The maximum atomic E-state index is 12.2. The molecule has 0 aromatic carbocycles. The van der Waals surface area contributed by atoms with E-state index in [0.717, 1.165) is 0 Å². The fourth-order valence-electron chi connectivity index (χ4n) is 2.22. The third-order valence-corrected chi connectivity index (χ3v) is 2.93. The van der Waals surface area contributed by atoms with E-state index in [4.69, 9.17) is 0 Å². The molecule has 0 aromatic heterocycles. The number of hydrogen-bond acceptors (Lipinski definition) is 3. The van der Waals surface area contributed by atoms with Crippen LogP contribution in [0.1, 0.15) is 6.42 Å². The number of methoxy groups -OCH3 is 1. The number of ether oxygens (including phenoxy) is 1. The van der Waals surface area contributed by atoms with Crippen molar-refractivity contribution in [2.75, 3.05) is 7.11 Å². The highest BCUT2D eigenvalue weighted by Gasteiger charge is 2.68. The Morgan fingerprint density at radius 3 is 2.50 bits per heavy atom. The topological polar surface area (TPSA) is 38.3 Å². The van der Waals surface area contributed by atoms with Gasteiger partial charge in [-0.2, -0.15) is 13.2 Å². The number of piperidine rings is 1. The Labute approximate surface area is 78.6 Å². The van der Waals surface area contributed by atoms with Crippen molar-refractivity contribution >= 4 is 5.97 Å². The monoisotopic (exact) mass is 209 g/mol. The molecule has 1 saturated heterocycles. The highest BCUT2D eigenvalue weighted by atomic mass is 19.4. The first-order valence-corrected chi connectivity index (χ1v) is 4.35. The zero-order chi connectivity index (χ0) is 10.5. The van der Waals surface area contributed by atoms with E-state index >= 15 is 0 Å². The lowest BCUT2D eigenvalue weighted by molar-refractivity contribution is -0.157. The summed E-state index contributed by atoms with van der Waals surface area (Å²) in [7, 11) is 1.23. The van der Waals surface area contributed by atoms with E-state index in [2.05, 4.69) is 10.1 Å². The minimum Gasteiger partial charge on any atom is -0.468 e. The second kappa shape index (κ2) is 2.85. The molecular formula is C8H10F3NO2. The predicted molar refractivity (Wildman–Crippen MR) is 40.4 cm³/mol. The summed E-state index contributed by atoms with van der Waals surface area (Å²) < 4.78 is 41.1. The molecule has 3 nitrogen and oxygen atoms in total. The molecule has 1 saturated carbocycles. The van der Waals surface area contributed by atoms with Gasteiger partial charge in [0.15, 0.2) is 0 Å². The number of alkyl halides is 3. The third-order valence-electron chi connectivity index (χ3n) is 2.93. The largest absolute Gasteiger partial charge is 0.468 e. The van der Waals surface area contributed by atoms with Crippen molar-refractivity contribution in [2.45, 2.75) is 24.7 Å². The summed E-state index contributed by atoms with van der Waals surface area (Å²) in [5.41, 5.74) is 0. The summed E-state index contributed by atoms with van der Waals surface area (Å²) in [6.07, 6.45) is -3.90. The van der Waals surface area contributed by atoms with Gasteiger partial charge in [-0.05, 0) is 12.3 Å². The van der Waals surface area contributed by atoms with Gasteiger partial charge in [0, 0.05) is 6.04 Å². The number of hydrogen-bond donors (Lipinski definition) is 1. The molecule has 2 rings (SSSR count). The maximum absolute atomic E-state index is 12.2. The molecule has 0 aromatic rings. The van der Waals surface area contributed by atoms with Crippen LogP contribution >= 0.6 is 0 Å². The lowest BCUT2D eigenvalue weighted by Crippen LogP contribution is -2.38. The first-order valence-electron chi connectivity index (χ1n) is 4.35. The first kappa shape index (κ1) is 9.76. The Hall–Kier alpha value is -0.780. The molecule has 4 atom stereocenters. The normalized spacial score (nSPS) is 40.6. The Kier molecular flexibility index (Phi) is 1.99. The number of carbonyl (C=O) groups excluding carboxylic acids is 1. The van der Waals surface area contributed by atoms with Crippen molar-refractivity contribution in [1.82, 2.24) is 5.32 Å². The van der Waals surface area contributed by atoms with Gasteiger partial charge in [-0.1, -0.05) is 0 Å². The summed E-state index contributed by atoms with van der Waals surface area (Å²) in [6.45, 7) is 0. The predicted octanol–water partition coefficient (Wildman–Crippen LogP) is 0.698. The summed E-state index contributed by atoms with van der Waals surface area (Å²) in [5, 5.41) is 2.64. The van der Waals surface area contributed by atoms with E-state index in [9.17, 15) is 18.0 Å². The van der Waals surface area contributed by atoms with Crippen LogP contribution in [0.4, 0.5) is 13.2 Å². The molecule has 1 N–H and O–H groups in total. The van der Waals surface area contributed by atoms with Gasteiger partial charge < -0.3 is 10.1 Å². The zero-order valence-corrected chi connectivity index (χ0v) is 7.47. The average Bonchev–Trinajstić information content (AvgIpc) is 2.63. The summed E-state index contributed by atoms with van der Waals surface area (Å²) >= 11 is 0. The number of halogens is 3. The number of carbonyl (C=O) groups is 1. The molecular weight excluding hydrogens is 199 g/mol. The van der Waals surface area contributed by atoms with Gasteiger partial charge in [-0.15, -0.1) is 0 Å². The molecule has 0 unspecified atom stereocenters. The van der Waals surface area contributed by atoms with E-state index in [1.54, 1.807) is 0 Å². The lowest BCUT2D eigenvalue weighted by atomic mass is 10.1. The quantitative estimate of drug-likeness (QED) is 0.646.